The Labute approximate surface area is 113 Å². The van der Waals surface area contributed by atoms with E-state index in [2.05, 4.69) is 38.9 Å². The van der Waals surface area contributed by atoms with Crippen LogP contribution < -0.4 is 5.32 Å². The van der Waals surface area contributed by atoms with E-state index in [1.165, 1.54) is 0 Å². The van der Waals surface area contributed by atoms with E-state index in [-0.39, 0.29) is 0 Å². The first-order valence-electron chi connectivity index (χ1n) is 6.63. The monoisotopic (exact) mass is 262 g/mol. The molecule has 0 bridgehead atoms. The van der Waals surface area contributed by atoms with Gasteiger partial charge >= 0.3 is 0 Å². The molecule has 104 valence electrons. The van der Waals surface area contributed by atoms with Crippen LogP contribution in [0, 0.1) is 12.8 Å². The number of rotatable bonds is 6. The molecule has 6 nitrogen and oxygen atoms in total. The highest BCUT2D eigenvalue weighted by Crippen LogP contribution is 2.04. The summed E-state index contributed by atoms with van der Waals surface area (Å²) in [5.74, 6) is 3.54. The molecule has 0 saturated carbocycles. The first-order chi connectivity index (χ1) is 9.08. The van der Waals surface area contributed by atoms with Crippen LogP contribution >= 0.6 is 0 Å². The van der Waals surface area contributed by atoms with Gasteiger partial charge in [-0.25, -0.2) is 4.98 Å². The lowest BCUT2D eigenvalue weighted by Crippen LogP contribution is -2.22. The SMILES string of the molecule is Cc1nnc(Cn2ccnc2CNCC(C)C)n1C. The Morgan fingerprint density at radius 2 is 2.05 bits per heavy atom. The molecule has 2 aromatic heterocycles. The van der Waals surface area contributed by atoms with E-state index in [4.69, 9.17) is 0 Å². The number of hydrogen-bond acceptors (Lipinski definition) is 4. The zero-order chi connectivity index (χ0) is 13.8. The molecule has 2 heterocycles. The molecule has 0 radical (unpaired) electrons. The lowest BCUT2D eigenvalue weighted by molar-refractivity contribution is 0.529. The van der Waals surface area contributed by atoms with Gasteiger partial charge in [-0.3, -0.25) is 0 Å². The van der Waals surface area contributed by atoms with Crippen LogP contribution in [-0.4, -0.2) is 30.9 Å². The summed E-state index contributed by atoms with van der Waals surface area (Å²) in [6.07, 6.45) is 3.81. The Morgan fingerprint density at radius 3 is 2.68 bits per heavy atom. The molecule has 1 N–H and O–H groups in total. The second-order valence-electron chi connectivity index (χ2n) is 5.22. The van der Waals surface area contributed by atoms with Gasteiger partial charge in [0.05, 0.1) is 13.1 Å². The highest BCUT2D eigenvalue weighted by molar-refractivity contribution is 4.99. The van der Waals surface area contributed by atoms with Crippen molar-refractivity contribution in [2.24, 2.45) is 13.0 Å². The first-order valence-corrected chi connectivity index (χ1v) is 6.63. The van der Waals surface area contributed by atoms with Gasteiger partial charge in [0.1, 0.15) is 11.6 Å². The summed E-state index contributed by atoms with van der Waals surface area (Å²) in [4.78, 5) is 4.39. The van der Waals surface area contributed by atoms with E-state index in [1.54, 1.807) is 0 Å². The molecule has 0 aliphatic heterocycles. The highest BCUT2D eigenvalue weighted by atomic mass is 15.3. The molecular weight excluding hydrogens is 240 g/mol. The van der Waals surface area contributed by atoms with E-state index >= 15 is 0 Å². The second kappa shape index (κ2) is 5.97. The molecule has 6 heteroatoms. The summed E-state index contributed by atoms with van der Waals surface area (Å²) >= 11 is 0. The third kappa shape index (κ3) is 3.41. The molecule has 19 heavy (non-hydrogen) atoms. The van der Waals surface area contributed by atoms with Crippen LogP contribution in [0.4, 0.5) is 0 Å². The number of aryl methyl sites for hydroxylation is 1. The third-order valence-electron chi connectivity index (χ3n) is 3.13. The summed E-state index contributed by atoms with van der Waals surface area (Å²) in [5.41, 5.74) is 0. The van der Waals surface area contributed by atoms with Crippen molar-refractivity contribution in [3.8, 4) is 0 Å². The maximum absolute atomic E-state index is 4.39. The predicted octanol–water partition coefficient (Wildman–Crippen LogP) is 1.11. The Balaban J connectivity index is 2.01. The minimum Gasteiger partial charge on any atom is -0.326 e. The fourth-order valence-electron chi connectivity index (χ4n) is 1.86. The smallest absolute Gasteiger partial charge is 0.152 e. The van der Waals surface area contributed by atoms with Gasteiger partial charge in [0, 0.05) is 19.4 Å². The summed E-state index contributed by atoms with van der Waals surface area (Å²) < 4.78 is 4.11. The maximum Gasteiger partial charge on any atom is 0.152 e. The minimum atomic E-state index is 0.643. The third-order valence-corrected chi connectivity index (χ3v) is 3.13. The minimum absolute atomic E-state index is 0.643. The zero-order valence-electron chi connectivity index (χ0n) is 12.1. The largest absolute Gasteiger partial charge is 0.326 e. The Morgan fingerprint density at radius 1 is 1.26 bits per heavy atom. The van der Waals surface area contributed by atoms with E-state index < -0.39 is 0 Å². The summed E-state index contributed by atoms with van der Waals surface area (Å²) in [5, 5.41) is 11.7. The molecule has 2 aromatic rings. The standard InChI is InChI=1S/C13H22N6/c1-10(2)7-14-8-12-15-5-6-19(12)9-13-17-16-11(3)18(13)4/h5-6,10,14H,7-9H2,1-4H3. The Bertz CT molecular complexity index is 525. The number of nitrogens with zero attached hydrogens (tertiary/aromatic N) is 5. The van der Waals surface area contributed by atoms with Crippen molar-refractivity contribution >= 4 is 0 Å². The lowest BCUT2D eigenvalue weighted by atomic mass is 10.2. The fourth-order valence-corrected chi connectivity index (χ4v) is 1.86. The van der Waals surface area contributed by atoms with Crippen molar-refractivity contribution in [3.05, 3.63) is 29.9 Å². The van der Waals surface area contributed by atoms with E-state index in [9.17, 15) is 0 Å². The first kappa shape index (κ1) is 13.7. The van der Waals surface area contributed by atoms with Crippen molar-refractivity contribution in [3.63, 3.8) is 0 Å². The number of imidazole rings is 1. The quantitative estimate of drug-likeness (QED) is 0.847. The number of hydrogen-bond donors (Lipinski definition) is 1. The molecule has 0 fully saturated rings. The topological polar surface area (TPSA) is 60.6 Å². The van der Waals surface area contributed by atoms with Crippen molar-refractivity contribution in [1.82, 2.24) is 29.6 Å². The van der Waals surface area contributed by atoms with Gasteiger partial charge in [-0.2, -0.15) is 0 Å². The van der Waals surface area contributed by atoms with Crippen molar-refractivity contribution in [1.29, 1.82) is 0 Å². The molecule has 0 aromatic carbocycles. The molecule has 2 rings (SSSR count). The molecule has 0 saturated heterocycles. The van der Waals surface area contributed by atoms with Gasteiger partial charge in [0.25, 0.3) is 0 Å². The highest BCUT2D eigenvalue weighted by Gasteiger charge is 2.08. The molecule has 0 atom stereocenters. The van der Waals surface area contributed by atoms with Gasteiger partial charge < -0.3 is 14.5 Å². The molecule has 0 aliphatic rings. The molecule has 0 aliphatic carbocycles. The van der Waals surface area contributed by atoms with Crippen LogP contribution in [0.2, 0.25) is 0 Å². The predicted molar refractivity (Wildman–Crippen MR) is 73.6 cm³/mol. The zero-order valence-corrected chi connectivity index (χ0v) is 12.1. The maximum atomic E-state index is 4.39. The van der Waals surface area contributed by atoms with Crippen LogP contribution in [0.15, 0.2) is 12.4 Å². The normalized spacial score (nSPS) is 11.4. The molecular formula is C13H22N6. The van der Waals surface area contributed by atoms with Crippen LogP contribution in [0.3, 0.4) is 0 Å². The van der Waals surface area contributed by atoms with Gasteiger partial charge in [0.2, 0.25) is 0 Å². The lowest BCUT2D eigenvalue weighted by Gasteiger charge is -2.10. The van der Waals surface area contributed by atoms with E-state index in [0.717, 1.165) is 30.6 Å². The number of nitrogens with one attached hydrogen (secondary N) is 1. The molecule has 0 amide bonds. The van der Waals surface area contributed by atoms with Crippen LogP contribution in [0.5, 0.6) is 0 Å². The van der Waals surface area contributed by atoms with Gasteiger partial charge in [-0.15, -0.1) is 10.2 Å². The summed E-state index contributed by atoms with van der Waals surface area (Å²) in [6.45, 7) is 8.83. The van der Waals surface area contributed by atoms with Gasteiger partial charge in [-0.1, -0.05) is 13.8 Å². The molecule has 0 spiro atoms. The average molecular weight is 262 g/mol. The fraction of sp³-hybridized carbons (Fsp3) is 0.615. The van der Waals surface area contributed by atoms with E-state index in [0.29, 0.717) is 12.5 Å². The summed E-state index contributed by atoms with van der Waals surface area (Å²) in [7, 11) is 1.98. The van der Waals surface area contributed by atoms with Gasteiger partial charge in [0.15, 0.2) is 5.82 Å². The summed E-state index contributed by atoms with van der Waals surface area (Å²) in [6, 6.07) is 0. The number of aromatic nitrogens is 5. The Kier molecular flexibility index (Phi) is 4.31. The van der Waals surface area contributed by atoms with Crippen molar-refractivity contribution in [2.45, 2.75) is 33.9 Å². The van der Waals surface area contributed by atoms with Crippen LogP contribution in [-0.2, 0) is 20.1 Å². The Hall–Kier alpha value is -1.69. The van der Waals surface area contributed by atoms with Gasteiger partial charge in [-0.05, 0) is 19.4 Å². The van der Waals surface area contributed by atoms with Crippen LogP contribution in [0.25, 0.3) is 0 Å². The van der Waals surface area contributed by atoms with E-state index in [1.807, 2.05) is 30.9 Å². The van der Waals surface area contributed by atoms with Crippen molar-refractivity contribution in [2.75, 3.05) is 6.54 Å². The van der Waals surface area contributed by atoms with Crippen molar-refractivity contribution < 1.29 is 0 Å². The second-order valence-corrected chi connectivity index (χ2v) is 5.22. The van der Waals surface area contributed by atoms with Crippen LogP contribution in [0.1, 0.15) is 31.3 Å². The molecule has 0 unspecified atom stereocenters. The average Bonchev–Trinajstić information content (AvgIpc) is 2.91.